The molecule has 0 aliphatic heterocycles. The average molecular weight is 636 g/mol. The predicted molar refractivity (Wildman–Crippen MR) is 182 cm³/mol. The van der Waals surface area contributed by atoms with Gasteiger partial charge in [-0.1, -0.05) is 133 Å². The minimum Gasteiger partial charge on any atom is -0.444 e. The van der Waals surface area contributed by atoms with E-state index in [2.05, 4.69) is 0 Å². The number of aliphatic hydroxyl groups is 1. The molecule has 0 unspecified atom stereocenters. The van der Waals surface area contributed by atoms with Gasteiger partial charge in [-0.2, -0.15) is 0 Å². The lowest BCUT2D eigenvalue weighted by Gasteiger charge is -2.40. The quantitative estimate of drug-likeness (QED) is 0.163. The number of carbonyl (C=O) groups is 1. The Kier molecular flexibility index (Phi) is 12.0. The third-order valence-corrected chi connectivity index (χ3v) is 7.87. The smallest absolute Gasteiger partial charge is 0.411 e. The fraction of sp³-hybridized carbons (Fsp3) is 0.325. The molecule has 0 bridgehead atoms. The van der Waals surface area contributed by atoms with Gasteiger partial charge < -0.3 is 24.1 Å². The molecule has 4 aromatic rings. The zero-order valence-electron chi connectivity index (χ0n) is 27.4. The monoisotopic (exact) mass is 635 g/mol. The van der Waals surface area contributed by atoms with Crippen LogP contribution in [0, 0.1) is 0 Å². The van der Waals surface area contributed by atoms with Crippen molar-refractivity contribution in [1.29, 1.82) is 0 Å². The molecular weight excluding hydrogens is 590 g/mol. The van der Waals surface area contributed by atoms with Gasteiger partial charge in [0.1, 0.15) is 30.0 Å². The molecule has 0 radical (unpaired) electrons. The van der Waals surface area contributed by atoms with Crippen molar-refractivity contribution in [2.45, 2.75) is 83.2 Å². The number of nitrogens with zero attached hydrogens (tertiary/aromatic N) is 1. The van der Waals surface area contributed by atoms with Gasteiger partial charge >= 0.3 is 6.09 Å². The minimum atomic E-state index is -1.04. The van der Waals surface area contributed by atoms with Crippen LogP contribution in [-0.4, -0.2) is 52.2 Å². The number of amides is 1. The van der Waals surface area contributed by atoms with E-state index in [-0.39, 0.29) is 26.4 Å². The Balaban J connectivity index is 1.55. The van der Waals surface area contributed by atoms with Gasteiger partial charge in [0.25, 0.3) is 0 Å². The highest BCUT2D eigenvalue weighted by Gasteiger charge is 2.45. The highest BCUT2D eigenvalue weighted by Crippen LogP contribution is 2.30. The van der Waals surface area contributed by atoms with Crippen LogP contribution in [0.2, 0.25) is 0 Å². The van der Waals surface area contributed by atoms with Gasteiger partial charge in [0, 0.05) is 6.54 Å². The van der Waals surface area contributed by atoms with Crippen molar-refractivity contribution in [1.82, 2.24) is 4.90 Å². The fourth-order valence-corrected chi connectivity index (χ4v) is 5.57. The Morgan fingerprint density at radius 1 is 0.596 bits per heavy atom. The van der Waals surface area contributed by atoms with E-state index in [1.54, 1.807) is 11.0 Å². The van der Waals surface area contributed by atoms with Gasteiger partial charge in [-0.3, -0.25) is 4.90 Å². The molecule has 5 atom stereocenters. The molecule has 1 amide bonds. The average Bonchev–Trinajstić information content (AvgIpc) is 3.20. The van der Waals surface area contributed by atoms with Gasteiger partial charge in [-0.15, -0.1) is 0 Å². The van der Waals surface area contributed by atoms with E-state index in [9.17, 15) is 9.90 Å². The highest BCUT2D eigenvalue weighted by atomic mass is 16.6. The minimum absolute atomic E-state index is 0.256. The van der Waals surface area contributed by atoms with Crippen molar-refractivity contribution in [3.05, 3.63) is 156 Å². The third-order valence-electron chi connectivity index (χ3n) is 7.87. The maximum atomic E-state index is 14.0. The van der Waals surface area contributed by atoms with Gasteiger partial charge in [0.2, 0.25) is 0 Å². The Hall–Kier alpha value is -4.27. The lowest BCUT2D eigenvalue weighted by molar-refractivity contribution is -0.179. The predicted octanol–water partition coefficient (Wildman–Crippen LogP) is 7.48. The van der Waals surface area contributed by atoms with E-state index in [0.717, 1.165) is 22.3 Å². The molecule has 1 aliphatic carbocycles. The molecule has 0 spiro atoms. The molecule has 0 saturated heterocycles. The van der Waals surface area contributed by atoms with E-state index in [4.69, 9.17) is 18.9 Å². The van der Waals surface area contributed by atoms with Crippen LogP contribution in [0.25, 0.3) is 0 Å². The third kappa shape index (κ3) is 10.1. The van der Waals surface area contributed by atoms with Crippen molar-refractivity contribution >= 4 is 6.09 Å². The lowest BCUT2D eigenvalue weighted by Crippen LogP contribution is -2.56. The molecule has 0 heterocycles. The number of rotatable bonds is 12. The van der Waals surface area contributed by atoms with Crippen LogP contribution in [-0.2, 0) is 45.3 Å². The Labute approximate surface area is 278 Å². The van der Waals surface area contributed by atoms with Crippen LogP contribution in [0.3, 0.4) is 0 Å². The molecule has 0 aromatic heterocycles. The molecule has 7 heteroatoms. The van der Waals surface area contributed by atoms with E-state index >= 15 is 0 Å². The van der Waals surface area contributed by atoms with Gasteiger partial charge in [0.05, 0.1) is 25.9 Å². The largest absolute Gasteiger partial charge is 0.444 e. The summed E-state index contributed by atoms with van der Waals surface area (Å²) in [6.45, 7) is 6.58. The van der Waals surface area contributed by atoms with Crippen LogP contribution < -0.4 is 0 Å². The number of hydrogen-bond acceptors (Lipinski definition) is 6. The van der Waals surface area contributed by atoms with Crippen LogP contribution >= 0.6 is 0 Å². The summed E-state index contributed by atoms with van der Waals surface area (Å²) < 4.78 is 25.9. The summed E-state index contributed by atoms with van der Waals surface area (Å²) in [4.78, 5) is 15.7. The first-order valence-corrected chi connectivity index (χ1v) is 16.1. The summed E-state index contributed by atoms with van der Waals surface area (Å²) in [7, 11) is 0. The molecule has 0 fully saturated rings. The second kappa shape index (κ2) is 16.5. The van der Waals surface area contributed by atoms with Crippen molar-refractivity contribution in [3.8, 4) is 0 Å². The highest BCUT2D eigenvalue weighted by molar-refractivity contribution is 5.69. The molecular formula is C40H45NO6. The summed E-state index contributed by atoms with van der Waals surface area (Å²) >= 11 is 0. The second-order valence-corrected chi connectivity index (χ2v) is 12.7. The second-order valence-electron chi connectivity index (χ2n) is 12.7. The molecule has 246 valence electrons. The maximum absolute atomic E-state index is 14.0. The van der Waals surface area contributed by atoms with Crippen molar-refractivity contribution in [3.63, 3.8) is 0 Å². The fourth-order valence-electron chi connectivity index (χ4n) is 5.57. The SMILES string of the molecule is CC(C)(C)OC(=O)N(Cc1ccccc1)[C@@H]1C=C[C@@H](O)[C@@H](OCc2ccccc2)[C@H](OCc2ccccc2)[C@@H]1OCc1ccccc1. The molecule has 4 aromatic carbocycles. The molecule has 1 N–H and O–H groups in total. The molecule has 0 saturated carbocycles. The number of aliphatic hydroxyl groups excluding tert-OH is 1. The first kappa shape index (κ1) is 34.1. The Morgan fingerprint density at radius 3 is 1.45 bits per heavy atom. The lowest BCUT2D eigenvalue weighted by atomic mass is 9.99. The summed E-state index contributed by atoms with van der Waals surface area (Å²) in [6, 6.07) is 38.7. The van der Waals surface area contributed by atoms with Crippen molar-refractivity contribution in [2.24, 2.45) is 0 Å². The Bertz CT molecular complexity index is 1530. The summed E-state index contributed by atoms with van der Waals surface area (Å²) in [5.41, 5.74) is 3.10. The topological polar surface area (TPSA) is 77.5 Å². The van der Waals surface area contributed by atoms with E-state index in [1.165, 1.54) is 0 Å². The van der Waals surface area contributed by atoms with Crippen LogP contribution in [0.1, 0.15) is 43.0 Å². The Morgan fingerprint density at radius 2 is 1.00 bits per heavy atom. The summed E-state index contributed by atoms with van der Waals surface area (Å²) in [5, 5.41) is 11.6. The summed E-state index contributed by atoms with van der Waals surface area (Å²) in [5.74, 6) is 0. The summed E-state index contributed by atoms with van der Waals surface area (Å²) in [6.07, 6.45) is -0.347. The molecule has 47 heavy (non-hydrogen) atoms. The number of hydrogen-bond donors (Lipinski definition) is 1. The maximum Gasteiger partial charge on any atom is 0.411 e. The van der Waals surface area contributed by atoms with Crippen LogP contribution in [0.5, 0.6) is 0 Å². The first-order valence-electron chi connectivity index (χ1n) is 16.1. The number of ether oxygens (including phenoxy) is 4. The van der Waals surface area contributed by atoms with E-state index in [0.29, 0.717) is 0 Å². The normalized spacial score (nSPS) is 21.1. The van der Waals surface area contributed by atoms with E-state index < -0.39 is 42.2 Å². The number of carbonyl (C=O) groups excluding carboxylic acids is 1. The molecule has 1 aliphatic rings. The zero-order valence-corrected chi connectivity index (χ0v) is 27.4. The van der Waals surface area contributed by atoms with Gasteiger partial charge in [-0.05, 0) is 43.0 Å². The number of benzene rings is 4. The zero-order chi connectivity index (χ0) is 33.1. The first-order chi connectivity index (χ1) is 22.8. The van der Waals surface area contributed by atoms with Gasteiger partial charge in [0.15, 0.2) is 0 Å². The van der Waals surface area contributed by atoms with Crippen LogP contribution in [0.4, 0.5) is 4.79 Å². The molecule has 5 rings (SSSR count). The van der Waals surface area contributed by atoms with Crippen molar-refractivity contribution < 1.29 is 28.8 Å². The van der Waals surface area contributed by atoms with E-state index in [1.807, 2.05) is 148 Å². The van der Waals surface area contributed by atoms with Crippen molar-refractivity contribution in [2.75, 3.05) is 0 Å². The van der Waals surface area contributed by atoms with Crippen LogP contribution in [0.15, 0.2) is 133 Å². The van der Waals surface area contributed by atoms with Gasteiger partial charge in [-0.25, -0.2) is 4.79 Å². The standard InChI is InChI=1S/C40H45NO6/c1-40(2,3)47-39(43)41(26-30-16-8-4-9-17-30)34-24-25-35(42)37(45-28-32-20-12-6-13-21-32)38(46-29-33-22-14-7-15-23-33)36(34)44-27-31-18-10-5-11-19-31/h4-25,34-38,42H,26-29H2,1-3H3/t34-,35-,36-,37-,38-/m1/s1. The molecule has 7 nitrogen and oxygen atoms in total.